The topological polar surface area (TPSA) is 66.8 Å². The van der Waals surface area contributed by atoms with Gasteiger partial charge in [-0.25, -0.2) is 0 Å². The average Bonchev–Trinajstić information content (AvgIpc) is 2.93. The second-order valence-corrected chi connectivity index (χ2v) is 8.55. The Hall–Kier alpha value is -1.86. The van der Waals surface area contributed by atoms with Crippen molar-refractivity contribution in [1.29, 1.82) is 0 Å². The molecular weight excluding hydrogens is 457 g/mol. The molecule has 0 radical (unpaired) electrons. The summed E-state index contributed by atoms with van der Waals surface area (Å²) in [6.45, 7) is 4.15. The van der Waals surface area contributed by atoms with E-state index in [2.05, 4.69) is 0 Å². The molecule has 0 bridgehead atoms. The van der Waals surface area contributed by atoms with E-state index in [1.54, 1.807) is 0 Å². The monoisotopic (exact) mass is 471 g/mol. The number of halogens is 3. The lowest BCUT2D eigenvalue weighted by molar-refractivity contribution is -0.123. The van der Waals surface area contributed by atoms with Crippen molar-refractivity contribution in [2.24, 2.45) is 0 Å². The number of carbonyl (C=O) groups is 2. The van der Waals surface area contributed by atoms with E-state index < -0.39 is 11.1 Å². The molecule has 9 heteroatoms. The third-order valence-electron chi connectivity index (χ3n) is 4.25. The van der Waals surface area contributed by atoms with Crippen molar-refractivity contribution in [2.75, 3.05) is 13.2 Å². The van der Waals surface area contributed by atoms with Crippen LogP contribution in [0.1, 0.15) is 16.7 Å². The van der Waals surface area contributed by atoms with Crippen LogP contribution in [-0.2, 0) is 4.79 Å². The van der Waals surface area contributed by atoms with E-state index in [-0.39, 0.29) is 44.4 Å². The number of hydrogen-bond donors (Lipinski definition) is 1. The number of rotatable bonds is 5. The molecule has 2 aromatic rings. The van der Waals surface area contributed by atoms with Crippen LogP contribution in [0.5, 0.6) is 11.5 Å². The predicted octanol–water partition coefficient (Wildman–Crippen LogP) is 6.08. The molecule has 3 rings (SSSR count). The van der Waals surface area contributed by atoms with Gasteiger partial charge < -0.3 is 9.84 Å². The summed E-state index contributed by atoms with van der Waals surface area (Å²) in [6, 6.07) is 7.15. The molecule has 5 nitrogen and oxygen atoms in total. The molecular formula is C20H16Cl3NO4S. The molecule has 1 heterocycles. The van der Waals surface area contributed by atoms with Gasteiger partial charge in [-0.3, -0.25) is 14.5 Å². The van der Waals surface area contributed by atoms with Crippen LogP contribution in [0.4, 0.5) is 4.79 Å². The fourth-order valence-electron chi connectivity index (χ4n) is 2.66. The lowest BCUT2D eigenvalue weighted by Gasteiger charge is -2.14. The molecule has 0 saturated carbocycles. The van der Waals surface area contributed by atoms with Crippen molar-refractivity contribution >= 4 is 63.8 Å². The highest BCUT2D eigenvalue weighted by atomic mass is 35.5. The molecule has 0 atom stereocenters. The quantitative estimate of drug-likeness (QED) is 0.534. The normalized spacial score (nSPS) is 15.5. The second kappa shape index (κ2) is 8.88. The highest BCUT2D eigenvalue weighted by Gasteiger charge is 2.35. The third-order valence-corrected chi connectivity index (χ3v) is 6.14. The molecule has 0 aliphatic carbocycles. The lowest BCUT2D eigenvalue weighted by Crippen LogP contribution is -2.32. The van der Waals surface area contributed by atoms with Gasteiger partial charge in [0.15, 0.2) is 5.75 Å². The van der Waals surface area contributed by atoms with Gasteiger partial charge in [-0.2, -0.15) is 0 Å². The van der Waals surface area contributed by atoms with Crippen molar-refractivity contribution in [3.8, 4) is 11.5 Å². The molecule has 1 fully saturated rings. The number of phenols is 1. The zero-order valence-electron chi connectivity index (χ0n) is 15.5. The number of ether oxygens (including phenoxy) is 1. The Bertz CT molecular complexity index is 1040. The maximum atomic E-state index is 12.6. The van der Waals surface area contributed by atoms with Crippen molar-refractivity contribution in [3.05, 3.63) is 60.9 Å². The van der Waals surface area contributed by atoms with Crippen molar-refractivity contribution in [2.45, 2.75) is 13.8 Å². The van der Waals surface area contributed by atoms with Crippen LogP contribution in [0.25, 0.3) is 6.08 Å². The Morgan fingerprint density at radius 2 is 1.86 bits per heavy atom. The molecule has 0 unspecified atom stereocenters. The van der Waals surface area contributed by atoms with E-state index in [9.17, 15) is 14.7 Å². The van der Waals surface area contributed by atoms with Gasteiger partial charge in [0.05, 0.1) is 26.5 Å². The predicted molar refractivity (Wildman–Crippen MR) is 117 cm³/mol. The number of imide groups is 1. The zero-order chi connectivity index (χ0) is 21.3. The van der Waals surface area contributed by atoms with Gasteiger partial charge in [-0.1, -0.05) is 46.9 Å². The Balaban J connectivity index is 1.74. The van der Waals surface area contributed by atoms with Crippen LogP contribution in [0.2, 0.25) is 15.1 Å². The summed E-state index contributed by atoms with van der Waals surface area (Å²) < 4.78 is 5.73. The van der Waals surface area contributed by atoms with Crippen molar-refractivity contribution in [3.63, 3.8) is 0 Å². The summed E-state index contributed by atoms with van der Waals surface area (Å²) in [7, 11) is 0. The maximum absolute atomic E-state index is 12.6. The summed E-state index contributed by atoms with van der Waals surface area (Å²) in [5.74, 6) is -0.112. The van der Waals surface area contributed by atoms with E-state index in [1.807, 2.05) is 32.0 Å². The molecule has 0 aromatic heterocycles. The second-order valence-electron chi connectivity index (χ2n) is 6.37. The van der Waals surface area contributed by atoms with Crippen LogP contribution in [-0.4, -0.2) is 34.3 Å². The molecule has 0 spiro atoms. The summed E-state index contributed by atoms with van der Waals surface area (Å²) in [5, 5.41) is 9.52. The highest BCUT2D eigenvalue weighted by molar-refractivity contribution is 8.18. The fourth-order valence-corrected chi connectivity index (χ4v) is 4.38. The minimum Gasteiger partial charge on any atom is -0.505 e. The molecule has 1 saturated heterocycles. The Labute approximate surface area is 187 Å². The fraction of sp³-hybridized carbons (Fsp3) is 0.200. The van der Waals surface area contributed by atoms with Gasteiger partial charge in [-0.15, -0.1) is 0 Å². The molecule has 29 heavy (non-hydrogen) atoms. The van der Waals surface area contributed by atoms with Gasteiger partial charge in [0.2, 0.25) is 0 Å². The van der Waals surface area contributed by atoms with Gasteiger partial charge in [0.1, 0.15) is 12.4 Å². The van der Waals surface area contributed by atoms with Gasteiger partial charge in [-0.05, 0) is 54.9 Å². The summed E-state index contributed by atoms with van der Waals surface area (Å²) in [4.78, 5) is 26.2. The number of aromatic hydroxyl groups is 1. The number of benzene rings is 2. The maximum Gasteiger partial charge on any atom is 0.293 e. The smallest absolute Gasteiger partial charge is 0.293 e. The molecule has 152 valence electrons. The Kier molecular flexibility index (Phi) is 6.69. The van der Waals surface area contributed by atoms with E-state index in [0.29, 0.717) is 5.75 Å². The number of phenolic OH excluding ortho intramolecular Hbond substituents is 1. The van der Waals surface area contributed by atoms with Crippen molar-refractivity contribution < 1.29 is 19.4 Å². The summed E-state index contributed by atoms with van der Waals surface area (Å²) in [5.41, 5.74) is 2.24. The number of carbonyl (C=O) groups excluding carboxylic acids is 2. The summed E-state index contributed by atoms with van der Waals surface area (Å²) >= 11 is 18.8. The number of amides is 2. The average molecular weight is 473 g/mol. The number of nitrogens with zero attached hydrogens (tertiary/aromatic N) is 1. The van der Waals surface area contributed by atoms with E-state index in [1.165, 1.54) is 12.1 Å². The van der Waals surface area contributed by atoms with E-state index in [4.69, 9.17) is 39.5 Å². The first-order valence-electron chi connectivity index (χ1n) is 8.51. The number of thioether (sulfide) groups is 1. The number of aryl methyl sites for hydroxylation is 2. The van der Waals surface area contributed by atoms with Crippen LogP contribution in [0, 0.1) is 13.8 Å². The highest BCUT2D eigenvalue weighted by Crippen LogP contribution is 2.42. The third kappa shape index (κ3) is 4.67. The van der Waals surface area contributed by atoms with Crippen molar-refractivity contribution in [1.82, 2.24) is 4.90 Å². The van der Waals surface area contributed by atoms with Gasteiger partial charge >= 0.3 is 0 Å². The Morgan fingerprint density at radius 1 is 1.14 bits per heavy atom. The lowest BCUT2D eigenvalue weighted by atomic mass is 10.1. The first-order chi connectivity index (χ1) is 13.7. The first kappa shape index (κ1) is 21.8. The minimum absolute atomic E-state index is 0.00570. The Morgan fingerprint density at radius 3 is 2.59 bits per heavy atom. The van der Waals surface area contributed by atoms with Crippen LogP contribution >= 0.6 is 46.6 Å². The van der Waals surface area contributed by atoms with Crippen LogP contribution in [0.15, 0.2) is 29.2 Å². The van der Waals surface area contributed by atoms with Crippen LogP contribution in [0.3, 0.4) is 0 Å². The molecule has 1 aliphatic rings. The van der Waals surface area contributed by atoms with E-state index in [0.717, 1.165) is 27.8 Å². The summed E-state index contributed by atoms with van der Waals surface area (Å²) in [6.07, 6.45) is 1.37. The van der Waals surface area contributed by atoms with Crippen LogP contribution < -0.4 is 4.74 Å². The molecule has 1 aliphatic heterocycles. The molecule has 2 amide bonds. The minimum atomic E-state index is -0.480. The first-order valence-corrected chi connectivity index (χ1v) is 10.5. The SMILES string of the molecule is Cc1ccc(C)c(OCCN2C(=O)S/C(=C\c3c(Cl)cc(Cl)c(O)c3Cl)C2=O)c1. The standard InChI is InChI=1S/C20H16Cl3NO4S/c1-10-3-4-11(2)15(7-10)28-6-5-24-19(26)16(29-20(24)27)8-12-13(21)9-14(22)18(25)17(12)23/h3-4,7-9,25H,5-6H2,1-2H3/b16-8-. The molecule has 2 aromatic carbocycles. The number of hydrogen-bond acceptors (Lipinski definition) is 5. The van der Waals surface area contributed by atoms with Gasteiger partial charge in [0, 0.05) is 5.56 Å². The zero-order valence-corrected chi connectivity index (χ0v) is 18.5. The largest absolute Gasteiger partial charge is 0.505 e. The molecule has 1 N–H and O–H groups in total. The van der Waals surface area contributed by atoms with E-state index >= 15 is 0 Å². The van der Waals surface area contributed by atoms with Gasteiger partial charge in [0.25, 0.3) is 11.1 Å².